The Hall–Kier alpha value is -2.49. The van der Waals surface area contributed by atoms with Gasteiger partial charge in [-0.15, -0.1) is 0 Å². The molecule has 126 valence electrons. The zero-order chi connectivity index (χ0) is 16.9. The van der Waals surface area contributed by atoms with Gasteiger partial charge in [0, 0.05) is 12.1 Å². The second-order valence-electron chi connectivity index (χ2n) is 6.28. The average molecular weight is 324 g/mol. The molecule has 1 atom stereocenters. The number of amides is 1. The fraction of sp³-hybridized carbons (Fsp3) is 0.350. The van der Waals surface area contributed by atoms with Gasteiger partial charge in [-0.3, -0.25) is 4.79 Å². The number of aryl methyl sites for hydroxylation is 2. The van der Waals surface area contributed by atoms with Crippen molar-refractivity contribution in [3.63, 3.8) is 0 Å². The smallest absolute Gasteiger partial charge is 0.220 e. The molecule has 0 bridgehead atoms. The molecule has 2 aromatic rings. The third-order valence-electron chi connectivity index (χ3n) is 4.63. The predicted octanol–water partition coefficient (Wildman–Crippen LogP) is 3.40. The van der Waals surface area contributed by atoms with Crippen LogP contribution in [-0.4, -0.2) is 13.0 Å². The van der Waals surface area contributed by atoms with Crippen molar-refractivity contribution < 1.29 is 9.53 Å². The number of fused-ring (bicyclic) bond motifs is 1. The highest BCUT2D eigenvalue weighted by Crippen LogP contribution is 2.31. The van der Waals surface area contributed by atoms with E-state index in [0.29, 0.717) is 12.8 Å². The van der Waals surface area contributed by atoms with Gasteiger partial charge in [0.2, 0.25) is 5.91 Å². The van der Waals surface area contributed by atoms with E-state index in [4.69, 9.17) is 10.5 Å². The molecule has 0 heterocycles. The highest BCUT2D eigenvalue weighted by Gasteiger charge is 2.21. The van der Waals surface area contributed by atoms with Gasteiger partial charge in [-0.2, -0.15) is 0 Å². The zero-order valence-electron chi connectivity index (χ0n) is 14.0. The minimum Gasteiger partial charge on any atom is -0.496 e. The summed E-state index contributed by atoms with van der Waals surface area (Å²) in [5, 5.41) is 3.18. The monoisotopic (exact) mass is 324 g/mol. The molecule has 2 aromatic carbocycles. The van der Waals surface area contributed by atoms with Crippen LogP contribution in [0.3, 0.4) is 0 Å². The average Bonchev–Trinajstić information content (AvgIpc) is 2.60. The summed E-state index contributed by atoms with van der Waals surface area (Å²) >= 11 is 0. The Morgan fingerprint density at radius 3 is 2.96 bits per heavy atom. The molecular weight excluding hydrogens is 300 g/mol. The Kier molecular flexibility index (Phi) is 5.04. The van der Waals surface area contributed by atoms with Crippen molar-refractivity contribution in [2.45, 2.75) is 38.1 Å². The topological polar surface area (TPSA) is 64.3 Å². The summed E-state index contributed by atoms with van der Waals surface area (Å²) in [5.74, 6) is 0.916. The van der Waals surface area contributed by atoms with Crippen molar-refractivity contribution in [1.29, 1.82) is 0 Å². The SMILES string of the molecule is COc1ccccc1CCC(=O)NC1CCCc2cc(N)ccc21. The molecule has 1 unspecified atom stereocenters. The normalized spacial score (nSPS) is 16.3. The van der Waals surface area contributed by atoms with E-state index in [1.165, 1.54) is 11.1 Å². The maximum atomic E-state index is 12.4. The van der Waals surface area contributed by atoms with E-state index in [9.17, 15) is 4.79 Å². The molecule has 0 radical (unpaired) electrons. The summed E-state index contributed by atoms with van der Waals surface area (Å²) in [5.41, 5.74) is 10.2. The molecule has 24 heavy (non-hydrogen) atoms. The van der Waals surface area contributed by atoms with Crippen LogP contribution < -0.4 is 15.8 Å². The van der Waals surface area contributed by atoms with Crippen molar-refractivity contribution in [1.82, 2.24) is 5.32 Å². The Morgan fingerprint density at radius 2 is 2.12 bits per heavy atom. The van der Waals surface area contributed by atoms with Gasteiger partial charge >= 0.3 is 0 Å². The number of ether oxygens (including phenoxy) is 1. The number of methoxy groups -OCH3 is 1. The number of nitrogen functional groups attached to an aromatic ring is 1. The van der Waals surface area contributed by atoms with Crippen LogP contribution in [0, 0.1) is 0 Å². The van der Waals surface area contributed by atoms with Crippen LogP contribution in [0.4, 0.5) is 5.69 Å². The summed E-state index contributed by atoms with van der Waals surface area (Å²) in [6.07, 6.45) is 4.23. The third-order valence-corrected chi connectivity index (χ3v) is 4.63. The van der Waals surface area contributed by atoms with Gasteiger partial charge < -0.3 is 15.8 Å². The molecule has 0 fully saturated rings. The largest absolute Gasteiger partial charge is 0.496 e. The fourth-order valence-corrected chi connectivity index (χ4v) is 3.41. The molecular formula is C20H24N2O2. The van der Waals surface area contributed by atoms with Crippen molar-refractivity contribution >= 4 is 11.6 Å². The zero-order valence-corrected chi connectivity index (χ0v) is 14.0. The van der Waals surface area contributed by atoms with Crippen molar-refractivity contribution in [3.05, 3.63) is 59.2 Å². The van der Waals surface area contributed by atoms with Gasteiger partial charge in [0.05, 0.1) is 13.2 Å². The standard InChI is InChI=1S/C20H24N2O2/c1-24-19-8-3-2-5-14(19)9-12-20(23)22-18-7-4-6-15-13-16(21)10-11-17(15)18/h2-3,5,8,10-11,13,18H,4,6-7,9,12,21H2,1H3,(H,22,23). The molecule has 0 aliphatic heterocycles. The van der Waals surface area contributed by atoms with Crippen LogP contribution in [0.1, 0.15) is 42.0 Å². The first-order chi connectivity index (χ1) is 11.7. The quantitative estimate of drug-likeness (QED) is 0.829. The van der Waals surface area contributed by atoms with Crippen molar-refractivity contribution in [2.24, 2.45) is 0 Å². The molecule has 1 aliphatic carbocycles. The van der Waals surface area contributed by atoms with Crippen LogP contribution in [0.2, 0.25) is 0 Å². The Bertz CT molecular complexity index is 727. The first kappa shape index (κ1) is 16.4. The van der Waals surface area contributed by atoms with E-state index < -0.39 is 0 Å². The van der Waals surface area contributed by atoms with Crippen LogP contribution >= 0.6 is 0 Å². The highest BCUT2D eigenvalue weighted by molar-refractivity contribution is 5.77. The van der Waals surface area contributed by atoms with E-state index in [2.05, 4.69) is 11.4 Å². The van der Waals surface area contributed by atoms with Crippen LogP contribution in [0.15, 0.2) is 42.5 Å². The predicted molar refractivity (Wildman–Crippen MR) is 96.0 cm³/mol. The van der Waals surface area contributed by atoms with E-state index in [0.717, 1.165) is 36.3 Å². The Balaban J connectivity index is 1.62. The lowest BCUT2D eigenvalue weighted by Crippen LogP contribution is -2.31. The minimum absolute atomic E-state index is 0.0792. The van der Waals surface area contributed by atoms with Crippen LogP contribution in [-0.2, 0) is 17.6 Å². The maximum Gasteiger partial charge on any atom is 0.220 e. The lowest BCUT2D eigenvalue weighted by Gasteiger charge is -2.26. The molecule has 4 nitrogen and oxygen atoms in total. The van der Waals surface area contributed by atoms with Gasteiger partial charge in [0.25, 0.3) is 0 Å². The van der Waals surface area contributed by atoms with Gasteiger partial charge in [0.1, 0.15) is 5.75 Å². The second kappa shape index (κ2) is 7.39. The number of anilines is 1. The number of benzene rings is 2. The first-order valence-electron chi connectivity index (χ1n) is 8.47. The summed E-state index contributed by atoms with van der Waals surface area (Å²) in [4.78, 5) is 12.4. The van der Waals surface area contributed by atoms with Crippen molar-refractivity contribution in [2.75, 3.05) is 12.8 Å². The molecule has 4 heteroatoms. The van der Waals surface area contributed by atoms with E-state index in [1.807, 2.05) is 36.4 Å². The van der Waals surface area contributed by atoms with Crippen LogP contribution in [0.25, 0.3) is 0 Å². The lowest BCUT2D eigenvalue weighted by atomic mass is 9.87. The number of nitrogens with one attached hydrogen (secondary N) is 1. The number of rotatable bonds is 5. The number of nitrogens with two attached hydrogens (primary N) is 1. The van der Waals surface area contributed by atoms with Gasteiger partial charge in [-0.05, 0) is 60.6 Å². The van der Waals surface area contributed by atoms with Crippen molar-refractivity contribution in [3.8, 4) is 5.75 Å². The Labute approximate surface area is 143 Å². The Morgan fingerprint density at radius 1 is 1.29 bits per heavy atom. The summed E-state index contributed by atoms with van der Waals surface area (Å²) < 4.78 is 5.34. The van der Waals surface area contributed by atoms with E-state index >= 15 is 0 Å². The molecule has 0 saturated heterocycles. The van der Waals surface area contributed by atoms with Gasteiger partial charge in [0.15, 0.2) is 0 Å². The lowest BCUT2D eigenvalue weighted by molar-refractivity contribution is -0.121. The molecule has 0 saturated carbocycles. The number of hydrogen-bond acceptors (Lipinski definition) is 3. The molecule has 0 aromatic heterocycles. The molecule has 3 rings (SSSR count). The second-order valence-corrected chi connectivity index (χ2v) is 6.28. The summed E-state index contributed by atoms with van der Waals surface area (Å²) in [6.45, 7) is 0. The highest BCUT2D eigenvalue weighted by atomic mass is 16.5. The van der Waals surface area contributed by atoms with Gasteiger partial charge in [-0.1, -0.05) is 24.3 Å². The molecule has 3 N–H and O–H groups in total. The summed E-state index contributed by atoms with van der Waals surface area (Å²) in [6, 6.07) is 13.9. The third kappa shape index (κ3) is 3.70. The number of carbonyl (C=O) groups excluding carboxylic acids is 1. The van der Waals surface area contributed by atoms with Crippen LogP contribution in [0.5, 0.6) is 5.75 Å². The minimum atomic E-state index is 0.0792. The van der Waals surface area contributed by atoms with Gasteiger partial charge in [-0.25, -0.2) is 0 Å². The number of hydrogen-bond donors (Lipinski definition) is 2. The molecule has 1 amide bonds. The number of carbonyl (C=O) groups is 1. The van der Waals surface area contributed by atoms with E-state index in [-0.39, 0.29) is 11.9 Å². The summed E-state index contributed by atoms with van der Waals surface area (Å²) in [7, 11) is 1.66. The molecule has 0 spiro atoms. The number of para-hydroxylation sites is 1. The maximum absolute atomic E-state index is 12.4. The first-order valence-corrected chi connectivity index (χ1v) is 8.47. The molecule has 1 aliphatic rings. The van der Waals surface area contributed by atoms with E-state index in [1.54, 1.807) is 7.11 Å². The fourth-order valence-electron chi connectivity index (χ4n) is 3.41.